The minimum Gasteiger partial charge on any atom is -0.251 e. The number of hydrogen-bond donors (Lipinski definition) is 0. The molecule has 62 valence electrons. The molecule has 2 aromatic heterocycles. The van der Waals surface area contributed by atoms with E-state index >= 15 is 0 Å². The van der Waals surface area contributed by atoms with Crippen LogP contribution in [0.2, 0.25) is 0 Å². The van der Waals surface area contributed by atoms with Crippen molar-refractivity contribution in [2.24, 2.45) is 0 Å². The molecule has 0 spiro atoms. The molecule has 0 saturated carbocycles. The highest BCUT2D eigenvalue weighted by Gasteiger charge is 1.93. The fourth-order valence-corrected chi connectivity index (χ4v) is 0.840. The molecule has 0 saturated heterocycles. The molecule has 0 unspecified atom stereocenters. The first-order valence-electron chi connectivity index (χ1n) is 3.50. The second kappa shape index (κ2) is 3.07. The fraction of sp³-hybridized carbons (Fsp3) is 0.400. The highest BCUT2D eigenvalue weighted by atomic mass is 15.5. The molecule has 7 nitrogen and oxygen atoms in total. The first-order chi connectivity index (χ1) is 5.95. The van der Waals surface area contributed by atoms with E-state index in [1.807, 2.05) is 0 Å². The number of aryl methyl sites for hydroxylation is 2. The van der Waals surface area contributed by atoms with E-state index in [0.717, 1.165) is 6.54 Å². The Balaban J connectivity index is 1.91. The Hall–Kier alpha value is -1.79. The molecule has 0 aliphatic rings. The van der Waals surface area contributed by atoms with Crippen molar-refractivity contribution in [1.82, 2.24) is 35.2 Å². The normalized spacial score (nSPS) is 10.3. The van der Waals surface area contributed by atoms with Crippen LogP contribution in [-0.2, 0) is 13.1 Å². The molecule has 0 atom stereocenters. The van der Waals surface area contributed by atoms with E-state index in [2.05, 4.69) is 25.8 Å². The molecule has 0 aliphatic carbocycles. The van der Waals surface area contributed by atoms with Gasteiger partial charge in [0.25, 0.3) is 0 Å². The summed E-state index contributed by atoms with van der Waals surface area (Å²) >= 11 is 0. The van der Waals surface area contributed by atoms with Gasteiger partial charge in [0.2, 0.25) is 0 Å². The van der Waals surface area contributed by atoms with Crippen molar-refractivity contribution in [3.63, 3.8) is 0 Å². The van der Waals surface area contributed by atoms with Gasteiger partial charge in [-0.2, -0.15) is 0 Å². The quantitative estimate of drug-likeness (QED) is 0.581. The molecule has 2 heterocycles. The highest BCUT2D eigenvalue weighted by Crippen LogP contribution is 1.84. The van der Waals surface area contributed by atoms with Crippen LogP contribution < -0.4 is 0 Å². The molecule has 0 N–H and O–H groups in total. The zero-order chi connectivity index (χ0) is 8.23. The maximum atomic E-state index is 3.80. The van der Waals surface area contributed by atoms with Crippen LogP contribution in [-0.4, -0.2) is 35.2 Å². The molecule has 7 heteroatoms. The van der Waals surface area contributed by atoms with E-state index in [0.29, 0.717) is 6.54 Å². The Morgan fingerprint density at radius 1 is 1.00 bits per heavy atom. The lowest BCUT2D eigenvalue weighted by Gasteiger charge is -1.97. The molecule has 0 aliphatic heterocycles. The van der Waals surface area contributed by atoms with Crippen LogP contribution in [0, 0.1) is 0 Å². The van der Waals surface area contributed by atoms with E-state index < -0.39 is 0 Å². The van der Waals surface area contributed by atoms with Crippen LogP contribution in [0.15, 0.2) is 18.7 Å². The van der Waals surface area contributed by atoms with Gasteiger partial charge in [-0.05, 0) is 10.4 Å². The lowest BCUT2D eigenvalue weighted by Crippen LogP contribution is -2.08. The largest absolute Gasteiger partial charge is 0.251 e. The van der Waals surface area contributed by atoms with Gasteiger partial charge in [-0.1, -0.05) is 5.21 Å². The lowest BCUT2D eigenvalue weighted by atomic mass is 10.6. The molecule has 0 aromatic carbocycles. The Morgan fingerprint density at radius 3 is 2.58 bits per heavy atom. The fourth-order valence-electron chi connectivity index (χ4n) is 0.840. The van der Waals surface area contributed by atoms with Crippen LogP contribution in [0.25, 0.3) is 0 Å². The number of nitrogens with zero attached hydrogens (tertiary/aromatic N) is 7. The molecule has 0 bridgehead atoms. The molecule has 2 aromatic rings. The van der Waals surface area contributed by atoms with Crippen molar-refractivity contribution < 1.29 is 0 Å². The smallest absolute Gasteiger partial charge is 0.138 e. The maximum absolute atomic E-state index is 3.80. The van der Waals surface area contributed by atoms with Gasteiger partial charge in [0.1, 0.15) is 6.33 Å². The third-order valence-corrected chi connectivity index (χ3v) is 1.42. The van der Waals surface area contributed by atoms with E-state index in [-0.39, 0.29) is 0 Å². The Morgan fingerprint density at radius 2 is 1.92 bits per heavy atom. The maximum Gasteiger partial charge on any atom is 0.138 e. The summed E-state index contributed by atoms with van der Waals surface area (Å²) in [6, 6.07) is 0. The van der Waals surface area contributed by atoms with Crippen molar-refractivity contribution >= 4 is 0 Å². The molecule has 0 fully saturated rings. The Kier molecular flexibility index (Phi) is 1.77. The Bertz CT molecular complexity index is 275. The monoisotopic (exact) mass is 165 g/mol. The summed E-state index contributed by atoms with van der Waals surface area (Å²) in [5.74, 6) is 0. The first kappa shape index (κ1) is 6.89. The highest BCUT2D eigenvalue weighted by molar-refractivity contribution is 4.63. The van der Waals surface area contributed by atoms with Gasteiger partial charge < -0.3 is 0 Å². The van der Waals surface area contributed by atoms with Gasteiger partial charge in [0.15, 0.2) is 0 Å². The van der Waals surface area contributed by atoms with Crippen molar-refractivity contribution in [2.45, 2.75) is 13.1 Å². The van der Waals surface area contributed by atoms with Crippen LogP contribution in [0.4, 0.5) is 0 Å². The lowest BCUT2D eigenvalue weighted by molar-refractivity contribution is 0.480. The second-order valence-electron chi connectivity index (χ2n) is 2.24. The predicted molar refractivity (Wildman–Crippen MR) is 37.8 cm³/mol. The van der Waals surface area contributed by atoms with E-state index in [4.69, 9.17) is 0 Å². The van der Waals surface area contributed by atoms with Gasteiger partial charge in [0, 0.05) is 6.20 Å². The van der Waals surface area contributed by atoms with Crippen molar-refractivity contribution in [3.05, 3.63) is 18.7 Å². The minimum atomic E-state index is 0.705. The summed E-state index contributed by atoms with van der Waals surface area (Å²) in [5.41, 5.74) is 0. The molecular weight excluding hydrogens is 158 g/mol. The van der Waals surface area contributed by atoms with E-state index in [1.165, 1.54) is 0 Å². The molecular formula is C5H7N7. The second-order valence-corrected chi connectivity index (χ2v) is 2.24. The standard InChI is InChI=1S/C5H7N7/c1-2-11(9-6-1)3-4-12-5-7-8-10-12/h1-2,5H,3-4H2. The van der Waals surface area contributed by atoms with Crippen LogP contribution in [0.3, 0.4) is 0 Å². The summed E-state index contributed by atoms with van der Waals surface area (Å²) in [6.07, 6.45) is 5.00. The first-order valence-corrected chi connectivity index (χ1v) is 3.50. The average Bonchev–Trinajstić information content (AvgIpc) is 2.74. The molecule has 0 amide bonds. The number of rotatable bonds is 3. The van der Waals surface area contributed by atoms with Gasteiger partial charge in [-0.25, -0.2) is 4.68 Å². The summed E-state index contributed by atoms with van der Waals surface area (Å²) < 4.78 is 3.36. The zero-order valence-electron chi connectivity index (χ0n) is 6.28. The zero-order valence-corrected chi connectivity index (χ0v) is 6.28. The van der Waals surface area contributed by atoms with Crippen LogP contribution in [0.5, 0.6) is 0 Å². The molecule has 12 heavy (non-hydrogen) atoms. The van der Waals surface area contributed by atoms with Gasteiger partial charge >= 0.3 is 0 Å². The summed E-state index contributed by atoms with van der Waals surface area (Å²) in [6.45, 7) is 1.43. The third-order valence-electron chi connectivity index (χ3n) is 1.42. The minimum absolute atomic E-state index is 0.705. The van der Waals surface area contributed by atoms with Crippen molar-refractivity contribution in [1.29, 1.82) is 0 Å². The predicted octanol–water partition coefficient (Wildman–Crippen LogP) is -1.04. The van der Waals surface area contributed by atoms with Crippen molar-refractivity contribution in [2.75, 3.05) is 0 Å². The Labute approximate surface area is 68.0 Å². The average molecular weight is 165 g/mol. The van der Waals surface area contributed by atoms with E-state index in [1.54, 1.807) is 28.1 Å². The molecule has 2 rings (SSSR count). The van der Waals surface area contributed by atoms with Crippen molar-refractivity contribution in [3.8, 4) is 0 Å². The topological polar surface area (TPSA) is 74.3 Å². The van der Waals surface area contributed by atoms with Gasteiger partial charge in [-0.15, -0.1) is 10.2 Å². The molecule has 0 radical (unpaired) electrons. The van der Waals surface area contributed by atoms with Crippen LogP contribution >= 0.6 is 0 Å². The summed E-state index contributed by atoms with van der Waals surface area (Å²) in [4.78, 5) is 0. The summed E-state index contributed by atoms with van der Waals surface area (Å²) in [5, 5.41) is 18.2. The van der Waals surface area contributed by atoms with Gasteiger partial charge in [0.05, 0.1) is 19.3 Å². The number of aromatic nitrogens is 7. The SMILES string of the molecule is c1cn(CCn2cnnn2)nn1. The van der Waals surface area contributed by atoms with E-state index in [9.17, 15) is 0 Å². The van der Waals surface area contributed by atoms with Gasteiger partial charge in [-0.3, -0.25) is 4.68 Å². The van der Waals surface area contributed by atoms with Crippen LogP contribution in [0.1, 0.15) is 0 Å². The third kappa shape index (κ3) is 1.44. The number of hydrogen-bond acceptors (Lipinski definition) is 5. The summed E-state index contributed by atoms with van der Waals surface area (Å²) in [7, 11) is 0. The number of tetrazole rings is 1.